The van der Waals surface area contributed by atoms with Crippen molar-refractivity contribution in [3.63, 3.8) is 0 Å². The van der Waals surface area contributed by atoms with E-state index in [-0.39, 0.29) is 30.7 Å². The first kappa shape index (κ1) is 22.4. The summed E-state index contributed by atoms with van der Waals surface area (Å²) in [4.78, 5) is 16.1. The minimum Gasteiger partial charge on any atom is -0.347 e. The van der Waals surface area contributed by atoms with Crippen LogP contribution in [0.15, 0.2) is 42.7 Å². The van der Waals surface area contributed by atoms with Crippen molar-refractivity contribution in [1.29, 1.82) is 0 Å². The molecular weight excluding hydrogens is 347 g/mol. The second kappa shape index (κ2) is 10.3. The fraction of sp³-hybridized carbons (Fsp3) is 0.412. The number of hydrogen-bond acceptors (Lipinski definition) is 3. The molecule has 24 heavy (non-hydrogen) atoms. The van der Waals surface area contributed by atoms with Crippen molar-refractivity contribution >= 4 is 30.7 Å². The molecular formula is C17H26Cl2N4O. The second-order valence-corrected chi connectivity index (χ2v) is 6.03. The molecule has 1 aromatic carbocycles. The molecule has 134 valence electrons. The van der Waals surface area contributed by atoms with Gasteiger partial charge in [0.15, 0.2) is 0 Å². The molecule has 5 nitrogen and oxygen atoms in total. The number of nitrogens with zero attached hydrogens (tertiary/aromatic N) is 2. The van der Waals surface area contributed by atoms with Gasteiger partial charge >= 0.3 is 0 Å². The van der Waals surface area contributed by atoms with E-state index in [4.69, 9.17) is 5.73 Å². The second-order valence-electron chi connectivity index (χ2n) is 6.03. The van der Waals surface area contributed by atoms with Crippen LogP contribution >= 0.6 is 24.8 Å². The van der Waals surface area contributed by atoms with E-state index in [1.165, 1.54) is 5.56 Å². The number of hydrogen-bond donors (Lipinski definition) is 2. The maximum atomic E-state index is 11.8. The zero-order valence-corrected chi connectivity index (χ0v) is 15.7. The van der Waals surface area contributed by atoms with Crippen LogP contribution in [0.3, 0.4) is 0 Å². The van der Waals surface area contributed by atoms with E-state index < -0.39 is 5.54 Å². The number of imidazole rings is 1. The van der Waals surface area contributed by atoms with Gasteiger partial charge in [0.2, 0.25) is 5.91 Å². The molecule has 2 rings (SSSR count). The van der Waals surface area contributed by atoms with E-state index >= 15 is 0 Å². The average molecular weight is 373 g/mol. The van der Waals surface area contributed by atoms with Gasteiger partial charge in [0.05, 0.1) is 12.1 Å². The summed E-state index contributed by atoms with van der Waals surface area (Å²) in [6, 6.07) is 10.4. The Balaban J connectivity index is 0.00000264. The summed E-state index contributed by atoms with van der Waals surface area (Å²) < 4.78 is 2.08. The van der Waals surface area contributed by atoms with E-state index in [0.29, 0.717) is 6.54 Å². The van der Waals surface area contributed by atoms with Crippen molar-refractivity contribution < 1.29 is 4.79 Å². The molecule has 3 N–H and O–H groups in total. The molecule has 0 saturated heterocycles. The molecule has 0 bridgehead atoms. The predicted molar refractivity (Wildman–Crippen MR) is 102 cm³/mol. The Bertz CT molecular complexity index is 609. The van der Waals surface area contributed by atoms with E-state index in [0.717, 1.165) is 25.2 Å². The quantitative estimate of drug-likeness (QED) is 0.784. The molecule has 1 amide bonds. The number of amides is 1. The summed E-state index contributed by atoms with van der Waals surface area (Å²) in [5.41, 5.74) is 6.23. The third-order valence-corrected chi connectivity index (χ3v) is 3.50. The van der Waals surface area contributed by atoms with Gasteiger partial charge in [-0.05, 0) is 32.3 Å². The fourth-order valence-corrected chi connectivity index (χ4v) is 2.20. The first-order chi connectivity index (χ1) is 10.5. The van der Waals surface area contributed by atoms with Crippen LogP contribution in [-0.2, 0) is 24.3 Å². The smallest absolute Gasteiger partial charge is 0.239 e. The van der Waals surface area contributed by atoms with Gasteiger partial charge in [-0.3, -0.25) is 4.79 Å². The van der Waals surface area contributed by atoms with Crippen molar-refractivity contribution in [3.05, 3.63) is 54.1 Å². The fourth-order valence-electron chi connectivity index (χ4n) is 2.20. The van der Waals surface area contributed by atoms with Crippen LogP contribution in [0.2, 0.25) is 0 Å². The van der Waals surface area contributed by atoms with Crippen molar-refractivity contribution in [2.75, 3.05) is 0 Å². The lowest BCUT2D eigenvalue weighted by Crippen LogP contribution is -2.48. The van der Waals surface area contributed by atoms with Crippen LogP contribution in [0.25, 0.3) is 0 Å². The maximum Gasteiger partial charge on any atom is 0.239 e. The number of rotatable bonds is 7. The largest absolute Gasteiger partial charge is 0.347 e. The molecule has 0 radical (unpaired) electrons. The van der Waals surface area contributed by atoms with Gasteiger partial charge in [0.1, 0.15) is 5.82 Å². The third kappa shape index (κ3) is 6.91. The van der Waals surface area contributed by atoms with Gasteiger partial charge in [-0.25, -0.2) is 4.98 Å². The minimum atomic E-state index is -0.870. The van der Waals surface area contributed by atoms with Crippen LogP contribution < -0.4 is 11.1 Å². The first-order valence-electron chi connectivity index (χ1n) is 7.58. The van der Waals surface area contributed by atoms with Crippen molar-refractivity contribution in [2.45, 2.75) is 45.3 Å². The lowest BCUT2D eigenvalue weighted by molar-refractivity contribution is -0.125. The Kier molecular flexibility index (Phi) is 9.66. The normalized spacial score (nSPS) is 10.5. The topological polar surface area (TPSA) is 72.9 Å². The summed E-state index contributed by atoms with van der Waals surface area (Å²) in [5.74, 6) is 0.678. The van der Waals surface area contributed by atoms with E-state index in [2.05, 4.69) is 39.1 Å². The Morgan fingerprint density at radius 3 is 2.54 bits per heavy atom. The van der Waals surface area contributed by atoms with Gasteiger partial charge in [0.25, 0.3) is 0 Å². The van der Waals surface area contributed by atoms with Crippen LogP contribution in [0.5, 0.6) is 0 Å². The Morgan fingerprint density at radius 2 is 1.92 bits per heavy atom. The summed E-state index contributed by atoms with van der Waals surface area (Å²) in [5, 5.41) is 2.83. The van der Waals surface area contributed by atoms with E-state index in [9.17, 15) is 4.79 Å². The highest BCUT2D eigenvalue weighted by Crippen LogP contribution is 2.06. The lowest BCUT2D eigenvalue weighted by Gasteiger charge is -2.17. The Labute approximate surface area is 155 Å². The first-order valence-corrected chi connectivity index (χ1v) is 7.58. The summed E-state index contributed by atoms with van der Waals surface area (Å²) in [7, 11) is 0. The number of aryl methyl sites for hydroxylation is 2. The molecule has 0 spiro atoms. The van der Waals surface area contributed by atoms with Crippen LogP contribution in [0, 0.1) is 0 Å². The number of nitrogens with one attached hydrogen (secondary N) is 1. The molecule has 0 atom stereocenters. The number of carbonyl (C=O) groups is 1. The highest BCUT2D eigenvalue weighted by molar-refractivity contribution is 5.85. The summed E-state index contributed by atoms with van der Waals surface area (Å²) >= 11 is 0. The van der Waals surface area contributed by atoms with E-state index in [1.807, 2.05) is 12.3 Å². The molecule has 0 aliphatic carbocycles. The summed E-state index contributed by atoms with van der Waals surface area (Å²) in [6.45, 7) is 4.66. The lowest BCUT2D eigenvalue weighted by atomic mass is 10.1. The van der Waals surface area contributed by atoms with Gasteiger partial charge in [-0.2, -0.15) is 0 Å². The maximum absolute atomic E-state index is 11.8. The Morgan fingerprint density at radius 1 is 1.25 bits per heavy atom. The van der Waals surface area contributed by atoms with Gasteiger partial charge in [-0.1, -0.05) is 30.3 Å². The van der Waals surface area contributed by atoms with Gasteiger partial charge < -0.3 is 15.6 Å². The van der Waals surface area contributed by atoms with Gasteiger partial charge in [0, 0.05) is 18.9 Å². The molecule has 0 fully saturated rings. The van der Waals surface area contributed by atoms with Crippen LogP contribution in [-0.4, -0.2) is 21.0 Å². The molecule has 1 aromatic heterocycles. The predicted octanol–water partition coefficient (Wildman–Crippen LogP) is 2.71. The molecule has 1 heterocycles. The minimum absolute atomic E-state index is 0. The highest BCUT2D eigenvalue weighted by Gasteiger charge is 2.21. The molecule has 0 saturated carbocycles. The van der Waals surface area contributed by atoms with Crippen molar-refractivity contribution in [2.24, 2.45) is 5.73 Å². The van der Waals surface area contributed by atoms with Crippen LogP contribution in [0.1, 0.15) is 31.7 Å². The monoisotopic (exact) mass is 372 g/mol. The zero-order chi connectivity index (χ0) is 16.0. The third-order valence-electron chi connectivity index (χ3n) is 3.50. The average Bonchev–Trinajstić information content (AvgIpc) is 2.92. The van der Waals surface area contributed by atoms with Crippen LogP contribution in [0.4, 0.5) is 0 Å². The zero-order valence-electron chi connectivity index (χ0n) is 14.1. The number of nitrogens with two attached hydrogens (primary N) is 1. The van der Waals surface area contributed by atoms with Crippen molar-refractivity contribution in [3.8, 4) is 0 Å². The van der Waals surface area contributed by atoms with Gasteiger partial charge in [-0.15, -0.1) is 24.8 Å². The molecule has 7 heteroatoms. The number of carbonyl (C=O) groups excluding carboxylic acids is 1. The van der Waals surface area contributed by atoms with Crippen molar-refractivity contribution in [1.82, 2.24) is 14.9 Å². The highest BCUT2D eigenvalue weighted by atomic mass is 35.5. The number of aromatic nitrogens is 2. The SMILES string of the molecule is CC(C)(N)C(=O)NCc1nccn1CCCc1ccccc1.Cl.Cl. The number of halogens is 2. The molecule has 2 aromatic rings. The standard InChI is InChI=1S/C17H24N4O.2ClH/c1-17(2,18)16(22)20-13-15-19-10-12-21(15)11-6-9-14-7-4-3-5-8-14;;/h3-5,7-8,10,12H,6,9,11,13,18H2,1-2H3,(H,20,22);2*1H. The molecule has 0 aliphatic rings. The number of benzene rings is 1. The van der Waals surface area contributed by atoms with E-state index in [1.54, 1.807) is 20.0 Å². The summed E-state index contributed by atoms with van der Waals surface area (Å²) in [6.07, 6.45) is 5.77. The Hall–Kier alpha value is -1.56. The molecule has 0 aliphatic heterocycles. The molecule has 0 unspecified atom stereocenters.